The molecule has 3 rings (SSSR count). The summed E-state index contributed by atoms with van der Waals surface area (Å²) < 4.78 is 11.0. The lowest BCUT2D eigenvalue weighted by molar-refractivity contribution is -0.134. The average molecular weight is 300 g/mol. The molecule has 2 unspecified atom stereocenters. The fourth-order valence-corrected chi connectivity index (χ4v) is 2.89. The summed E-state index contributed by atoms with van der Waals surface area (Å²) in [6, 6.07) is 0. The zero-order valence-corrected chi connectivity index (χ0v) is 11.2. The van der Waals surface area contributed by atoms with Crippen molar-refractivity contribution in [1.29, 1.82) is 0 Å². The molecular formula is C12H14BrNO3. The molecule has 2 saturated heterocycles. The second-order valence-corrected chi connectivity index (χ2v) is 6.83. The van der Waals surface area contributed by atoms with Crippen molar-refractivity contribution in [3.05, 3.63) is 23.5 Å². The number of amides is 1. The first-order valence-electron chi connectivity index (χ1n) is 5.65. The third-order valence-corrected chi connectivity index (χ3v) is 3.91. The van der Waals surface area contributed by atoms with Crippen LogP contribution in [0.15, 0.2) is 23.5 Å². The normalized spacial score (nSPS) is 40.2. The van der Waals surface area contributed by atoms with Gasteiger partial charge >= 0.3 is 0 Å². The third kappa shape index (κ3) is 1.81. The second-order valence-electron chi connectivity index (χ2n) is 5.02. The fraction of sp³-hybridized carbons (Fsp3) is 0.583. The number of hydrogen-bond acceptors (Lipinski definition) is 3. The van der Waals surface area contributed by atoms with E-state index in [4.69, 9.17) is 9.47 Å². The van der Waals surface area contributed by atoms with Crippen molar-refractivity contribution in [1.82, 2.24) is 5.32 Å². The van der Waals surface area contributed by atoms with Crippen LogP contribution in [0.4, 0.5) is 0 Å². The van der Waals surface area contributed by atoms with Gasteiger partial charge in [0.25, 0.3) is 0 Å². The van der Waals surface area contributed by atoms with E-state index in [-0.39, 0.29) is 16.8 Å². The number of nitrogens with one attached hydrogen (secondary N) is 1. The number of hydrogen-bond donors (Lipinski definition) is 1. The molecule has 1 N–H and O–H groups in total. The van der Waals surface area contributed by atoms with E-state index in [0.29, 0.717) is 13.2 Å². The number of fused-ring (bicyclic) bond motifs is 2. The van der Waals surface area contributed by atoms with Gasteiger partial charge in [-0.15, -0.1) is 0 Å². The topological polar surface area (TPSA) is 47.6 Å². The predicted molar refractivity (Wildman–Crippen MR) is 65.8 cm³/mol. The Hall–Kier alpha value is -0.810. The largest absolute Gasteiger partial charge is 0.491 e. The van der Waals surface area contributed by atoms with Gasteiger partial charge in [0.2, 0.25) is 5.91 Å². The van der Waals surface area contributed by atoms with Crippen LogP contribution in [-0.4, -0.2) is 35.6 Å². The van der Waals surface area contributed by atoms with E-state index in [1.807, 2.05) is 0 Å². The Balaban J connectivity index is 1.94. The van der Waals surface area contributed by atoms with Gasteiger partial charge in [0.05, 0.1) is 6.61 Å². The number of alkyl halides is 1. The van der Waals surface area contributed by atoms with E-state index in [0.717, 1.165) is 17.8 Å². The molecule has 0 radical (unpaired) electrons. The first-order valence-corrected chi connectivity index (χ1v) is 6.44. The molecule has 4 nitrogen and oxygen atoms in total. The summed E-state index contributed by atoms with van der Waals surface area (Å²) in [6.07, 6.45) is 5.08. The number of morpholine rings is 1. The molecule has 3 aliphatic rings. The Morgan fingerprint density at radius 1 is 1.47 bits per heavy atom. The number of allylic oxidation sites excluding steroid dienone is 2. The van der Waals surface area contributed by atoms with Crippen molar-refractivity contribution < 1.29 is 14.3 Å². The lowest BCUT2D eigenvalue weighted by Gasteiger charge is -2.34. The number of halogens is 1. The zero-order chi connectivity index (χ0) is 12.1. The van der Waals surface area contributed by atoms with Crippen molar-refractivity contribution in [2.45, 2.75) is 23.2 Å². The van der Waals surface area contributed by atoms with E-state index in [1.165, 1.54) is 0 Å². The molecule has 2 heterocycles. The lowest BCUT2D eigenvalue weighted by atomic mass is 9.85. The van der Waals surface area contributed by atoms with Gasteiger partial charge in [0, 0.05) is 9.90 Å². The van der Waals surface area contributed by atoms with Gasteiger partial charge in [-0.2, -0.15) is 0 Å². The highest BCUT2D eigenvalue weighted by Crippen LogP contribution is 2.42. The maximum atomic E-state index is 11.5. The minimum absolute atomic E-state index is 0.0586. The summed E-state index contributed by atoms with van der Waals surface area (Å²) in [5.74, 6) is 0.788. The highest BCUT2D eigenvalue weighted by molar-refractivity contribution is 9.10. The average Bonchev–Trinajstić information content (AvgIpc) is 2.55. The molecule has 2 atom stereocenters. The van der Waals surface area contributed by atoms with Crippen LogP contribution in [0.5, 0.6) is 0 Å². The lowest BCUT2D eigenvalue weighted by Crippen LogP contribution is -2.58. The Kier molecular flexibility index (Phi) is 2.38. The summed E-state index contributed by atoms with van der Waals surface area (Å²) in [7, 11) is 0. The molecule has 0 bridgehead atoms. The van der Waals surface area contributed by atoms with Gasteiger partial charge in [-0.1, -0.05) is 22.0 Å². The van der Waals surface area contributed by atoms with E-state index in [1.54, 1.807) is 0 Å². The van der Waals surface area contributed by atoms with Crippen molar-refractivity contribution in [3.8, 4) is 0 Å². The van der Waals surface area contributed by atoms with E-state index in [2.05, 4.69) is 40.3 Å². The Morgan fingerprint density at radius 2 is 2.29 bits per heavy atom. The highest BCUT2D eigenvalue weighted by Gasteiger charge is 2.48. The van der Waals surface area contributed by atoms with Gasteiger partial charge in [-0.25, -0.2) is 0 Å². The van der Waals surface area contributed by atoms with Crippen LogP contribution in [0.2, 0.25) is 0 Å². The van der Waals surface area contributed by atoms with E-state index < -0.39 is 5.54 Å². The molecule has 0 aromatic rings. The minimum atomic E-state index is -0.468. The molecule has 0 saturated carbocycles. The zero-order valence-electron chi connectivity index (χ0n) is 9.59. The van der Waals surface area contributed by atoms with Gasteiger partial charge < -0.3 is 14.8 Å². The van der Waals surface area contributed by atoms with Crippen LogP contribution in [0.3, 0.4) is 0 Å². The molecule has 1 amide bonds. The smallest absolute Gasteiger partial charge is 0.246 e. The Morgan fingerprint density at radius 3 is 3.06 bits per heavy atom. The third-order valence-electron chi connectivity index (χ3n) is 3.35. The SMILES string of the molecule is CC1(Br)C=C2OCC3(COCC(=O)N3)C2=CC1. The van der Waals surface area contributed by atoms with Gasteiger partial charge in [0.1, 0.15) is 24.5 Å². The fourth-order valence-electron chi connectivity index (χ4n) is 2.52. The molecule has 1 aliphatic carbocycles. The molecule has 0 aromatic carbocycles. The molecule has 17 heavy (non-hydrogen) atoms. The summed E-state index contributed by atoms with van der Waals surface area (Å²) in [4.78, 5) is 11.5. The maximum Gasteiger partial charge on any atom is 0.246 e. The number of carbonyl (C=O) groups excluding carboxylic acids is 1. The second kappa shape index (κ2) is 3.59. The van der Waals surface area contributed by atoms with Crippen LogP contribution in [-0.2, 0) is 14.3 Å². The first-order chi connectivity index (χ1) is 8.01. The quantitative estimate of drug-likeness (QED) is 0.685. The van der Waals surface area contributed by atoms with Crippen LogP contribution >= 0.6 is 15.9 Å². The van der Waals surface area contributed by atoms with Crippen molar-refractivity contribution in [3.63, 3.8) is 0 Å². The molecule has 0 aromatic heterocycles. The monoisotopic (exact) mass is 299 g/mol. The summed E-state index contributed by atoms with van der Waals surface area (Å²) in [5, 5.41) is 3.00. The summed E-state index contributed by atoms with van der Waals surface area (Å²) in [6.45, 7) is 3.18. The number of rotatable bonds is 0. The summed E-state index contributed by atoms with van der Waals surface area (Å²) >= 11 is 3.63. The van der Waals surface area contributed by atoms with Crippen molar-refractivity contribution in [2.24, 2.45) is 0 Å². The molecule has 2 fully saturated rings. The standard InChI is InChI=1S/C12H14BrNO3/c1-11(13)3-2-8-9(4-11)17-7-12(8)6-16-5-10(15)14-12/h2,4H,3,5-7H2,1H3,(H,14,15). The van der Waals surface area contributed by atoms with Crippen molar-refractivity contribution in [2.75, 3.05) is 19.8 Å². The Labute approximate surface area is 108 Å². The van der Waals surface area contributed by atoms with Crippen LogP contribution in [0.1, 0.15) is 13.3 Å². The number of ether oxygens (including phenoxy) is 2. The first kappa shape index (κ1) is 11.3. The van der Waals surface area contributed by atoms with E-state index in [9.17, 15) is 4.79 Å². The summed E-state index contributed by atoms with van der Waals surface area (Å²) in [5.41, 5.74) is 0.590. The Bertz CT molecular complexity index is 441. The van der Waals surface area contributed by atoms with Crippen molar-refractivity contribution >= 4 is 21.8 Å². The maximum absolute atomic E-state index is 11.5. The molecule has 92 valence electrons. The van der Waals surface area contributed by atoms with Crippen LogP contribution in [0.25, 0.3) is 0 Å². The molecule has 5 heteroatoms. The van der Waals surface area contributed by atoms with E-state index >= 15 is 0 Å². The highest BCUT2D eigenvalue weighted by atomic mass is 79.9. The van der Waals surface area contributed by atoms with Gasteiger partial charge in [-0.05, 0) is 19.4 Å². The van der Waals surface area contributed by atoms with Crippen LogP contribution in [0, 0.1) is 0 Å². The minimum Gasteiger partial charge on any atom is -0.491 e. The van der Waals surface area contributed by atoms with Gasteiger partial charge in [0.15, 0.2) is 0 Å². The molecular weight excluding hydrogens is 286 g/mol. The van der Waals surface area contributed by atoms with Crippen LogP contribution < -0.4 is 5.32 Å². The molecule has 1 spiro atoms. The van der Waals surface area contributed by atoms with Gasteiger partial charge in [-0.3, -0.25) is 4.79 Å². The molecule has 2 aliphatic heterocycles. The predicted octanol–water partition coefficient (Wildman–Crippen LogP) is 1.27. The number of carbonyl (C=O) groups is 1.